The number of aromatic nitrogens is 3. The van der Waals surface area contributed by atoms with E-state index < -0.39 is 5.54 Å². The van der Waals surface area contributed by atoms with Gasteiger partial charge in [0.25, 0.3) is 0 Å². The molecule has 8 nitrogen and oxygen atoms in total. The molecule has 0 saturated carbocycles. The van der Waals surface area contributed by atoms with Gasteiger partial charge in [-0.15, -0.1) is 0 Å². The van der Waals surface area contributed by atoms with Crippen LogP contribution in [0.3, 0.4) is 0 Å². The van der Waals surface area contributed by atoms with Crippen LogP contribution in [0.5, 0.6) is 5.75 Å². The first-order chi connectivity index (χ1) is 13.4. The molecule has 8 heteroatoms. The third kappa shape index (κ3) is 2.38. The summed E-state index contributed by atoms with van der Waals surface area (Å²) in [5.41, 5.74) is 13.9. The number of Topliss-reactive ketones (excluding diaryl/α,β-unsaturated/α-hetero) is 1. The number of carbonyl (C=O) groups is 1. The summed E-state index contributed by atoms with van der Waals surface area (Å²) in [5.74, 6) is 0.259. The van der Waals surface area contributed by atoms with Gasteiger partial charge in [-0.1, -0.05) is 6.07 Å². The molecule has 3 heterocycles. The van der Waals surface area contributed by atoms with Crippen LogP contribution in [0, 0.1) is 0 Å². The molecule has 5 N–H and O–H groups in total. The van der Waals surface area contributed by atoms with Crippen LogP contribution in [0.4, 0.5) is 0 Å². The highest BCUT2D eigenvalue weighted by Crippen LogP contribution is 2.41. The molecule has 1 unspecified atom stereocenters. The molecule has 2 aromatic heterocycles. The van der Waals surface area contributed by atoms with E-state index in [1.807, 2.05) is 12.1 Å². The lowest BCUT2D eigenvalue weighted by molar-refractivity contribution is -0.111. The average Bonchev–Trinajstić information content (AvgIpc) is 3.02. The number of ketones is 1. The third-order valence-corrected chi connectivity index (χ3v) is 5.18. The molecule has 28 heavy (non-hydrogen) atoms. The Labute approximate surface area is 160 Å². The Bertz CT molecular complexity index is 1170. The summed E-state index contributed by atoms with van der Waals surface area (Å²) in [6.07, 6.45) is 1.65. The minimum atomic E-state index is -0.958. The number of benzene rings is 1. The minimum absolute atomic E-state index is 0.103. The maximum absolute atomic E-state index is 12.9. The predicted molar refractivity (Wildman–Crippen MR) is 106 cm³/mol. The molecule has 4 rings (SSSR count). The molecular weight excluding hydrogens is 358 g/mol. The van der Waals surface area contributed by atoms with E-state index in [4.69, 9.17) is 16.2 Å². The maximum Gasteiger partial charge on any atom is 0.327 e. The van der Waals surface area contributed by atoms with E-state index in [1.54, 1.807) is 35.9 Å². The molecule has 1 aliphatic heterocycles. The molecule has 0 amide bonds. The molecular formula is C20H21N5O3. The Morgan fingerprint density at radius 3 is 2.71 bits per heavy atom. The summed E-state index contributed by atoms with van der Waals surface area (Å²) < 4.78 is 7.73. The first kappa shape index (κ1) is 18.0. The molecule has 0 spiro atoms. The molecule has 0 fully saturated rings. The fourth-order valence-corrected chi connectivity index (χ4v) is 3.94. The number of carbonyl (C=O) groups excluding carboxylic acids is 1. The molecule has 0 saturated heterocycles. The van der Waals surface area contributed by atoms with E-state index in [0.717, 1.165) is 0 Å². The zero-order valence-electron chi connectivity index (χ0n) is 15.7. The number of H-pyrrole nitrogens is 1. The topological polar surface area (TPSA) is 129 Å². The van der Waals surface area contributed by atoms with E-state index in [1.165, 1.54) is 6.92 Å². The van der Waals surface area contributed by atoms with Crippen LogP contribution >= 0.6 is 0 Å². The number of ether oxygens (including phenoxy) is 1. The smallest absolute Gasteiger partial charge is 0.327 e. The number of hydrogen-bond acceptors (Lipinski definition) is 6. The van der Waals surface area contributed by atoms with Gasteiger partial charge in [-0.25, -0.2) is 4.79 Å². The molecule has 3 aromatic rings. The number of nitrogens with two attached hydrogens (primary N) is 2. The van der Waals surface area contributed by atoms with Crippen molar-refractivity contribution in [1.29, 1.82) is 0 Å². The van der Waals surface area contributed by atoms with Gasteiger partial charge in [0.2, 0.25) is 0 Å². The van der Waals surface area contributed by atoms with Gasteiger partial charge in [-0.05, 0) is 38.1 Å². The quantitative estimate of drug-likeness (QED) is 0.582. The summed E-state index contributed by atoms with van der Waals surface area (Å²) in [6, 6.07) is 8.94. The van der Waals surface area contributed by atoms with E-state index >= 15 is 0 Å². The Hall–Kier alpha value is -3.39. The van der Waals surface area contributed by atoms with Crippen LogP contribution in [0.1, 0.15) is 25.1 Å². The van der Waals surface area contributed by atoms with Crippen molar-refractivity contribution in [3.63, 3.8) is 0 Å². The first-order valence-corrected chi connectivity index (χ1v) is 8.91. The predicted octanol–water partition coefficient (Wildman–Crippen LogP) is 1.10. The Morgan fingerprint density at radius 1 is 1.32 bits per heavy atom. The van der Waals surface area contributed by atoms with Crippen molar-refractivity contribution < 1.29 is 9.53 Å². The normalized spacial score (nSPS) is 19.2. The maximum atomic E-state index is 12.9. The highest BCUT2D eigenvalue weighted by atomic mass is 16.5. The van der Waals surface area contributed by atoms with E-state index in [-0.39, 0.29) is 24.6 Å². The van der Waals surface area contributed by atoms with Gasteiger partial charge < -0.3 is 21.2 Å². The number of rotatable bonds is 4. The molecule has 144 valence electrons. The van der Waals surface area contributed by atoms with Crippen molar-refractivity contribution in [2.45, 2.75) is 19.4 Å². The molecule has 1 aromatic carbocycles. The number of allylic oxidation sites excluding steroid dienone is 2. The summed E-state index contributed by atoms with van der Waals surface area (Å²) in [7, 11) is 0. The lowest BCUT2D eigenvalue weighted by atomic mass is 9.92. The number of imidazole rings is 1. The van der Waals surface area contributed by atoms with Gasteiger partial charge in [0, 0.05) is 29.6 Å². The second-order valence-corrected chi connectivity index (χ2v) is 6.96. The van der Waals surface area contributed by atoms with Crippen molar-refractivity contribution in [2.75, 3.05) is 13.2 Å². The number of nitrogens with zero attached hydrogens (tertiary/aromatic N) is 2. The summed E-state index contributed by atoms with van der Waals surface area (Å²) in [5, 5.41) is 0. The number of nitrogens with one attached hydrogen (secondary N) is 1. The van der Waals surface area contributed by atoms with Crippen LogP contribution in [0.2, 0.25) is 0 Å². The van der Waals surface area contributed by atoms with Crippen molar-refractivity contribution in [3.05, 3.63) is 64.0 Å². The van der Waals surface area contributed by atoms with Crippen molar-refractivity contribution in [2.24, 2.45) is 11.5 Å². The molecule has 0 radical (unpaired) electrons. The molecule has 1 aliphatic rings. The lowest BCUT2D eigenvalue weighted by Crippen LogP contribution is -2.53. The van der Waals surface area contributed by atoms with Gasteiger partial charge in [0.15, 0.2) is 11.5 Å². The number of aromatic amines is 1. The Balaban J connectivity index is 2.09. The van der Waals surface area contributed by atoms with Gasteiger partial charge in [0.05, 0.1) is 11.2 Å². The average molecular weight is 379 g/mol. The third-order valence-electron chi connectivity index (χ3n) is 5.18. The van der Waals surface area contributed by atoms with E-state index in [0.29, 0.717) is 39.3 Å². The van der Waals surface area contributed by atoms with E-state index in [2.05, 4.69) is 9.97 Å². The van der Waals surface area contributed by atoms with Gasteiger partial charge in [-0.3, -0.25) is 14.3 Å². The second kappa shape index (κ2) is 6.35. The van der Waals surface area contributed by atoms with Crippen molar-refractivity contribution in [3.8, 4) is 5.75 Å². The fourth-order valence-electron chi connectivity index (χ4n) is 3.94. The van der Waals surface area contributed by atoms with Gasteiger partial charge >= 0.3 is 5.69 Å². The monoisotopic (exact) mass is 379 g/mol. The van der Waals surface area contributed by atoms with Crippen LogP contribution in [0.25, 0.3) is 16.6 Å². The minimum Gasteiger partial charge on any atom is -0.488 e. The van der Waals surface area contributed by atoms with Gasteiger partial charge in [0.1, 0.15) is 17.7 Å². The van der Waals surface area contributed by atoms with Crippen LogP contribution in [-0.2, 0) is 10.3 Å². The number of hydrogen-bond donors (Lipinski definition) is 3. The lowest BCUT2D eigenvalue weighted by Gasteiger charge is -2.37. The SMILES string of the molecule is CC(=O)C(=C(C)N)c1ccc2[nH]c(=O)n3c2c1OCC3(CN)c1ccccn1. The van der Waals surface area contributed by atoms with Crippen molar-refractivity contribution >= 4 is 22.4 Å². The molecule has 1 atom stereocenters. The highest BCUT2D eigenvalue weighted by molar-refractivity contribution is 6.21. The highest BCUT2D eigenvalue weighted by Gasteiger charge is 2.43. The zero-order valence-corrected chi connectivity index (χ0v) is 15.7. The zero-order chi connectivity index (χ0) is 20.1. The van der Waals surface area contributed by atoms with Gasteiger partial charge in [-0.2, -0.15) is 0 Å². The Morgan fingerprint density at radius 2 is 2.11 bits per heavy atom. The molecule has 0 aliphatic carbocycles. The summed E-state index contributed by atoms with van der Waals surface area (Å²) in [4.78, 5) is 32.4. The van der Waals surface area contributed by atoms with Crippen LogP contribution in [-0.4, -0.2) is 33.5 Å². The number of pyridine rings is 1. The summed E-state index contributed by atoms with van der Waals surface area (Å²) in [6.45, 7) is 3.34. The largest absolute Gasteiger partial charge is 0.488 e. The standard InChI is InChI=1S/C20H21N5O3/c1-11(22)16(12(2)26)13-6-7-14-17-18(13)28-10-20(9-21,25(17)19(27)24-14)15-5-3-4-8-23-15/h3-8H,9-10,21-22H2,1-2H3,(H,24,27). The fraction of sp³-hybridized carbons (Fsp3) is 0.250. The van der Waals surface area contributed by atoms with Crippen LogP contribution < -0.4 is 21.9 Å². The van der Waals surface area contributed by atoms with Crippen LogP contribution in [0.15, 0.2) is 47.0 Å². The Kier molecular flexibility index (Phi) is 4.08. The van der Waals surface area contributed by atoms with E-state index in [9.17, 15) is 9.59 Å². The molecule has 0 bridgehead atoms. The summed E-state index contributed by atoms with van der Waals surface area (Å²) >= 11 is 0. The first-order valence-electron chi connectivity index (χ1n) is 8.91. The second-order valence-electron chi connectivity index (χ2n) is 6.96. The van der Waals surface area contributed by atoms with Crippen molar-refractivity contribution in [1.82, 2.24) is 14.5 Å².